The predicted octanol–water partition coefficient (Wildman–Crippen LogP) is -0.0487. The van der Waals surface area contributed by atoms with Gasteiger partial charge in [0.2, 0.25) is 0 Å². The summed E-state index contributed by atoms with van der Waals surface area (Å²) in [5.41, 5.74) is 0.932. The van der Waals surface area contributed by atoms with E-state index in [1.165, 1.54) is 17.2 Å². The molecular weight excluding hydrogens is 342 g/mol. The summed E-state index contributed by atoms with van der Waals surface area (Å²) in [4.78, 5) is 12.7. The van der Waals surface area contributed by atoms with Crippen molar-refractivity contribution in [3.63, 3.8) is 0 Å². The monoisotopic (exact) mass is 361 g/mol. The van der Waals surface area contributed by atoms with E-state index in [0.717, 1.165) is 11.5 Å². The molecular formula is C16H19N5O5. The SMILES string of the molecule is Cc1ccc(CNc2ncnc3c2ncn3C2OC(CO)C(O)C2O)o1. The highest BCUT2D eigenvalue weighted by molar-refractivity contribution is 5.82. The molecule has 138 valence electrons. The molecule has 26 heavy (non-hydrogen) atoms. The highest BCUT2D eigenvalue weighted by atomic mass is 16.6. The van der Waals surface area contributed by atoms with Crippen LogP contribution in [0.25, 0.3) is 11.2 Å². The summed E-state index contributed by atoms with van der Waals surface area (Å²) >= 11 is 0. The molecule has 4 heterocycles. The molecule has 1 saturated heterocycles. The molecule has 4 unspecified atom stereocenters. The van der Waals surface area contributed by atoms with Gasteiger partial charge in [-0.15, -0.1) is 0 Å². The zero-order valence-corrected chi connectivity index (χ0v) is 14.0. The molecule has 3 aromatic heterocycles. The zero-order chi connectivity index (χ0) is 18.3. The predicted molar refractivity (Wildman–Crippen MR) is 89.1 cm³/mol. The first-order valence-electron chi connectivity index (χ1n) is 8.17. The molecule has 4 N–H and O–H groups in total. The van der Waals surface area contributed by atoms with E-state index in [1.54, 1.807) is 0 Å². The lowest BCUT2D eigenvalue weighted by atomic mass is 10.1. The van der Waals surface area contributed by atoms with Crippen LogP contribution in [0.15, 0.2) is 29.2 Å². The zero-order valence-electron chi connectivity index (χ0n) is 14.0. The number of aromatic nitrogens is 4. The quantitative estimate of drug-likeness (QED) is 0.492. The van der Waals surface area contributed by atoms with Gasteiger partial charge in [-0.25, -0.2) is 15.0 Å². The van der Waals surface area contributed by atoms with Gasteiger partial charge in [0.25, 0.3) is 0 Å². The Morgan fingerprint density at radius 3 is 2.73 bits per heavy atom. The van der Waals surface area contributed by atoms with Crippen LogP contribution in [0.2, 0.25) is 0 Å². The lowest BCUT2D eigenvalue weighted by Gasteiger charge is -2.16. The molecule has 0 amide bonds. The minimum atomic E-state index is -1.21. The maximum atomic E-state index is 10.2. The van der Waals surface area contributed by atoms with Gasteiger partial charge < -0.3 is 29.8 Å². The summed E-state index contributed by atoms with van der Waals surface area (Å²) in [5, 5.41) is 32.5. The van der Waals surface area contributed by atoms with Crippen molar-refractivity contribution in [1.29, 1.82) is 0 Å². The number of aliphatic hydroxyl groups is 3. The third-order valence-corrected chi connectivity index (χ3v) is 4.38. The smallest absolute Gasteiger partial charge is 0.167 e. The van der Waals surface area contributed by atoms with Crippen molar-refractivity contribution in [2.24, 2.45) is 0 Å². The molecule has 10 heteroatoms. The Balaban J connectivity index is 1.61. The Kier molecular flexibility index (Phi) is 4.32. The van der Waals surface area contributed by atoms with Crippen LogP contribution >= 0.6 is 0 Å². The number of furan rings is 1. The number of rotatable bonds is 5. The second kappa shape index (κ2) is 6.65. The van der Waals surface area contributed by atoms with Crippen LogP contribution in [0.4, 0.5) is 5.82 Å². The topological polar surface area (TPSA) is 139 Å². The maximum absolute atomic E-state index is 10.2. The van der Waals surface area contributed by atoms with Crippen molar-refractivity contribution in [1.82, 2.24) is 19.5 Å². The fourth-order valence-corrected chi connectivity index (χ4v) is 3.03. The van der Waals surface area contributed by atoms with E-state index in [1.807, 2.05) is 19.1 Å². The molecule has 1 fully saturated rings. The fourth-order valence-electron chi connectivity index (χ4n) is 3.03. The highest BCUT2D eigenvalue weighted by Crippen LogP contribution is 2.32. The summed E-state index contributed by atoms with van der Waals surface area (Å²) in [7, 11) is 0. The van der Waals surface area contributed by atoms with E-state index < -0.39 is 31.1 Å². The van der Waals surface area contributed by atoms with Gasteiger partial charge >= 0.3 is 0 Å². The minimum absolute atomic E-state index is 0.397. The molecule has 0 aliphatic carbocycles. The number of fused-ring (bicyclic) bond motifs is 1. The molecule has 4 atom stereocenters. The van der Waals surface area contributed by atoms with E-state index in [4.69, 9.17) is 9.15 Å². The number of anilines is 1. The number of ether oxygens (including phenoxy) is 1. The summed E-state index contributed by atoms with van der Waals surface area (Å²) in [6.07, 6.45) is -1.33. The first-order valence-corrected chi connectivity index (χ1v) is 8.17. The Morgan fingerprint density at radius 1 is 1.19 bits per heavy atom. The van der Waals surface area contributed by atoms with Crippen LogP contribution in [0, 0.1) is 6.92 Å². The number of nitrogens with zero attached hydrogens (tertiary/aromatic N) is 4. The van der Waals surface area contributed by atoms with Gasteiger partial charge in [0, 0.05) is 0 Å². The Labute approximate surface area is 148 Å². The van der Waals surface area contributed by atoms with Crippen molar-refractivity contribution in [2.75, 3.05) is 11.9 Å². The molecule has 4 rings (SSSR count). The molecule has 3 aromatic rings. The second-order valence-electron chi connectivity index (χ2n) is 6.14. The number of imidazole rings is 1. The van der Waals surface area contributed by atoms with Crippen molar-refractivity contribution in [2.45, 2.75) is 38.0 Å². The number of aryl methyl sites for hydroxylation is 1. The number of hydrogen-bond acceptors (Lipinski definition) is 9. The second-order valence-corrected chi connectivity index (χ2v) is 6.14. The number of hydrogen-bond donors (Lipinski definition) is 4. The summed E-state index contributed by atoms with van der Waals surface area (Å²) in [6, 6.07) is 3.75. The normalized spacial score (nSPS) is 25.8. The van der Waals surface area contributed by atoms with Crippen molar-refractivity contribution >= 4 is 17.0 Å². The van der Waals surface area contributed by atoms with Crippen LogP contribution in [-0.2, 0) is 11.3 Å². The summed E-state index contributed by atoms with van der Waals surface area (Å²) in [5.74, 6) is 2.09. The number of nitrogens with one attached hydrogen (secondary N) is 1. The van der Waals surface area contributed by atoms with E-state index in [2.05, 4.69) is 20.3 Å². The molecule has 0 radical (unpaired) electrons. The molecule has 10 nitrogen and oxygen atoms in total. The van der Waals surface area contributed by atoms with Gasteiger partial charge in [0.1, 0.15) is 36.2 Å². The Bertz CT molecular complexity index is 909. The van der Waals surface area contributed by atoms with Crippen molar-refractivity contribution < 1.29 is 24.5 Å². The Morgan fingerprint density at radius 2 is 2.04 bits per heavy atom. The molecule has 0 saturated carbocycles. The van der Waals surface area contributed by atoms with Gasteiger partial charge in [-0.3, -0.25) is 4.57 Å². The fraction of sp³-hybridized carbons (Fsp3) is 0.438. The van der Waals surface area contributed by atoms with Gasteiger partial charge in [0.05, 0.1) is 19.5 Å². The van der Waals surface area contributed by atoms with Crippen molar-refractivity contribution in [3.8, 4) is 0 Å². The lowest BCUT2D eigenvalue weighted by Crippen LogP contribution is -2.33. The highest BCUT2D eigenvalue weighted by Gasteiger charge is 2.44. The Hall–Kier alpha value is -2.53. The molecule has 0 spiro atoms. The first-order chi connectivity index (χ1) is 12.6. The molecule has 1 aliphatic rings. The number of aliphatic hydroxyl groups excluding tert-OH is 3. The molecule has 0 bridgehead atoms. The molecule has 1 aliphatic heterocycles. The van der Waals surface area contributed by atoms with E-state index in [-0.39, 0.29) is 0 Å². The van der Waals surface area contributed by atoms with Crippen LogP contribution in [0.1, 0.15) is 17.7 Å². The third kappa shape index (κ3) is 2.82. The van der Waals surface area contributed by atoms with E-state index >= 15 is 0 Å². The van der Waals surface area contributed by atoms with Gasteiger partial charge in [-0.1, -0.05) is 0 Å². The van der Waals surface area contributed by atoms with Crippen LogP contribution in [0.3, 0.4) is 0 Å². The van der Waals surface area contributed by atoms with Gasteiger partial charge in [-0.05, 0) is 19.1 Å². The van der Waals surface area contributed by atoms with Crippen LogP contribution in [-0.4, -0.2) is 59.8 Å². The molecule has 0 aromatic carbocycles. The largest absolute Gasteiger partial charge is 0.465 e. The summed E-state index contributed by atoms with van der Waals surface area (Å²) in [6.45, 7) is 1.90. The van der Waals surface area contributed by atoms with E-state index in [9.17, 15) is 15.3 Å². The first kappa shape index (κ1) is 16.9. The van der Waals surface area contributed by atoms with Crippen molar-refractivity contribution in [3.05, 3.63) is 36.3 Å². The average molecular weight is 361 g/mol. The van der Waals surface area contributed by atoms with Crippen LogP contribution < -0.4 is 5.32 Å². The van der Waals surface area contributed by atoms with E-state index in [0.29, 0.717) is 23.5 Å². The van der Waals surface area contributed by atoms with Gasteiger partial charge in [0.15, 0.2) is 23.2 Å². The van der Waals surface area contributed by atoms with Crippen LogP contribution in [0.5, 0.6) is 0 Å². The lowest BCUT2D eigenvalue weighted by molar-refractivity contribution is -0.0511. The maximum Gasteiger partial charge on any atom is 0.167 e. The standard InChI is InChI=1S/C16H19N5O5/c1-8-2-3-9(25-8)4-17-14-11-15(19-6-18-14)21(7-20-11)16-13(24)12(23)10(5-22)26-16/h2-3,6-7,10,12-13,16,22-24H,4-5H2,1H3,(H,17,18,19). The van der Waals surface area contributed by atoms with Gasteiger partial charge in [-0.2, -0.15) is 0 Å². The third-order valence-electron chi connectivity index (χ3n) is 4.38. The minimum Gasteiger partial charge on any atom is -0.465 e. The average Bonchev–Trinajstić information content (AvgIpc) is 3.32. The summed E-state index contributed by atoms with van der Waals surface area (Å²) < 4.78 is 12.6.